The lowest BCUT2D eigenvalue weighted by atomic mass is 10.0. The summed E-state index contributed by atoms with van der Waals surface area (Å²) in [6.45, 7) is 4.61. The first-order valence-electron chi connectivity index (χ1n) is 36.0. The number of carboxylic acids is 1. The van der Waals surface area contributed by atoms with Gasteiger partial charge in [0.2, 0.25) is 0 Å². The standard InChI is InChI=1S/C80H133NO8/c1-6-8-10-12-14-16-18-20-22-24-26-28-30-32-34-36-37-38-39-40-41-43-45-47-49-51-53-55-57-59-61-63-65-67-69-71-78(83)89-76(75-88-80(79(84)85)86-73-72-81(3,4)5)74-87-77(82)70-68-66-64-62-60-58-56-54-52-50-48-46-44-42-35-33-31-29-27-25-23-21-19-17-15-13-11-9-7-2/h8,10,14,16,19-22,25-28,31-34,37-38,40-41,45,47,51,53,76,80H,6-7,9,11-13,15,17-18,23-24,29-30,35-36,39,42-44,46,48-50,52,54-75H2,1-5H3/b10-8-,16-14-,21-19-,22-20-,27-25-,28-26-,33-31-,34-32-,38-37-,41-40-,47-45-,53-51-. The van der Waals surface area contributed by atoms with Crippen LogP contribution in [0.25, 0.3) is 0 Å². The third kappa shape index (κ3) is 70.5. The minimum absolute atomic E-state index is 0.138. The Morgan fingerprint density at radius 1 is 0.348 bits per heavy atom. The summed E-state index contributed by atoms with van der Waals surface area (Å²) < 4.78 is 22.8. The molecular weight excluding hydrogens is 1100 g/mol. The molecule has 0 aromatic carbocycles. The summed E-state index contributed by atoms with van der Waals surface area (Å²) in [7, 11) is 5.92. The van der Waals surface area contributed by atoms with E-state index in [4.69, 9.17) is 18.9 Å². The first-order chi connectivity index (χ1) is 43.6. The maximum atomic E-state index is 12.9. The summed E-state index contributed by atoms with van der Waals surface area (Å²) in [5.41, 5.74) is 0. The van der Waals surface area contributed by atoms with E-state index in [1.807, 2.05) is 21.1 Å². The Kier molecular flexibility index (Phi) is 65.3. The molecule has 9 heteroatoms. The molecule has 0 saturated heterocycles. The largest absolute Gasteiger partial charge is 0.545 e. The number of likely N-dealkylation sites (N-methyl/N-ethyl adjacent to an activating group) is 1. The van der Waals surface area contributed by atoms with Crippen LogP contribution in [0.5, 0.6) is 0 Å². The van der Waals surface area contributed by atoms with Gasteiger partial charge in [0.25, 0.3) is 0 Å². The fraction of sp³-hybridized carbons (Fsp3) is 0.662. The number of unbranched alkanes of at least 4 members (excludes halogenated alkanes) is 26. The average Bonchev–Trinajstić information content (AvgIpc) is 3.64. The minimum Gasteiger partial charge on any atom is -0.545 e. The molecule has 0 aromatic rings. The van der Waals surface area contributed by atoms with E-state index in [9.17, 15) is 19.5 Å². The van der Waals surface area contributed by atoms with Crippen molar-refractivity contribution < 1.29 is 42.9 Å². The van der Waals surface area contributed by atoms with Gasteiger partial charge in [0.15, 0.2) is 12.4 Å². The molecule has 0 radical (unpaired) electrons. The fourth-order valence-electron chi connectivity index (χ4n) is 9.60. The molecular formula is C80H133NO8. The zero-order valence-corrected chi connectivity index (χ0v) is 57.8. The van der Waals surface area contributed by atoms with Crippen molar-refractivity contribution in [3.63, 3.8) is 0 Å². The van der Waals surface area contributed by atoms with Crippen LogP contribution in [0.4, 0.5) is 0 Å². The average molecular weight is 1240 g/mol. The van der Waals surface area contributed by atoms with E-state index in [-0.39, 0.29) is 38.6 Å². The number of carbonyl (C=O) groups is 3. The van der Waals surface area contributed by atoms with Gasteiger partial charge < -0.3 is 33.3 Å². The van der Waals surface area contributed by atoms with Crippen molar-refractivity contribution in [2.24, 2.45) is 0 Å². The minimum atomic E-state index is -1.63. The number of esters is 2. The van der Waals surface area contributed by atoms with Gasteiger partial charge >= 0.3 is 11.9 Å². The maximum absolute atomic E-state index is 12.9. The van der Waals surface area contributed by atoms with Gasteiger partial charge in [0.1, 0.15) is 13.2 Å². The highest BCUT2D eigenvalue weighted by Crippen LogP contribution is 2.16. The van der Waals surface area contributed by atoms with Gasteiger partial charge in [-0.15, -0.1) is 0 Å². The Hall–Kier alpha value is -4.83. The molecule has 2 unspecified atom stereocenters. The van der Waals surface area contributed by atoms with Gasteiger partial charge in [-0.05, 0) is 122 Å². The normalized spacial score (nSPS) is 13.6. The molecule has 0 bridgehead atoms. The highest BCUT2D eigenvalue weighted by molar-refractivity contribution is 5.70. The highest BCUT2D eigenvalue weighted by atomic mass is 16.7. The summed E-state index contributed by atoms with van der Waals surface area (Å²) in [5.74, 6) is -2.30. The molecule has 506 valence electrons. The predicted molar refractivity (Wildman–Crippen MR) is 379 cm³/mol. The van der Waals surface area contributed by atoms with Crippen LogP contribution in [0.1, 0.15) is 284 Å². The number of allylic oxidation sites excluding steroid dienone is 24. The third-order valence-corrected chi connectivity index (χ3v) is 15.1. The topological polar surface area (TPSA) is 111 Å². The molecule has 0 spiro atoms. The molecule has 0 aliphatic heterocycles. The molecule has 9 nitrogen and oxygen atoms in total. The maximum Gasteiger partial charge on any atom is 0.306 e. The van der Waals surface area contributed by atoms with Crippen LogP contribution < -0.4 is 5.11 Å². The number of carboxylic acid groups (broad SMARTS) is 1. The molecule has 0 saturated carbocycles. The molecule has 0 aliphatic rings. The zero-order chi connectivity index (χ0) is 64.7. The van der Waals surface area contributed by atoms with Crippen LogP contribution in [0.3, 0.4) is 0 Å². The van der Waals surface area contributed by atoms with Crippen LogP contribution >= 0.6 is 0 Å². The lowest BCUT2D eigenvalue weighted by Crippen LogP contribution is -2.44. The number of rotatable bonds is 65. The Labute approximate surface area is 547 Å². The molecule has 89 heavy (non-hydrogen) atoms. The van der Waals surface area contributed by atoms with Gasteiger partial charge in [-0.2, -0.15) is 0 Å². The van der Waals surface area contributed by atoms with Crippen LogP contribution in [-0.4, -0.2) is 82.3 Å². The van der Waals surface area contributed by atoms with Crippen molar-refractivity contribution in [3.8, 4) is 0 Å². The van der Waals surface area contributed by atoms with E-state index >= 15 is 0 Å². The van der Waals surface area contributed by atoms with Crippen molar-refractivity contribution in [2.45, 2.75) is 296 Å². The monoisotopic (exact) mass is 1240 g/mol. The molecule has 0 aromatic heterocycles. The third-order valence-electron chi connectivity index (χ3n) is 15.1. The lowest BCUT2D eigenvalue weighted by Gasteiger charge is -2.26. The molecule has 0 rings (SSSR count). The van der Waals surface area contributed by atoms with Crippen molar-refractivity contribution in [2.75, 3.05) is 47.5 Å². The van der Waals surface area contributed by atoms with E-state index < -0.39 is 24.3 Å². The quantitative estimate of drug-likeness (QED) is 0.0195. The number of carbonyl (C=O) groups excluding carboxylic acids is 3. The zero-order valence-electron chi connectivity index (χ0n) is 57.8. The van der Waals surface area contributed by atoms with Gasteiger partial charge in [0, 0.05) is 12.8 Å². The number of hydrogen-bond donors (Lipinski definition) is 0. The SMILES string of the molecule is CC/C=C\C/C=C\C/C=C\C/C=C\C/C=C\C/C=C\C/C=C\C/C=C\C/C=C\CCCCCCCCCC(=O)OC(COC(=O)CCCCCCCCCCCCCCCC/C=C\C/C=C\C/C=C\CCCCCCC)COC(OCC[N+](C)(C)C)C(=O)[O-]. The van der Waals surface area contributed by atoms with Gasteiger partial charge in [-0.3, -0.25) is 9.59 Å². The van der Waals surface area contributed by atoms with Crippen molar-refractivity contribution in [1.29, 1.82) is 0 Å². The van der Waals surface area contributed by atoms with E-state index in [1.165, 1.54) is 135 Å². The summed E-state index contributed by atoms with van der Waals surface area (Å²) in [5, 5.41) is 11.8. The Morgan fingerprint density at radius 3 is 0.955 bits per heavy atom. The number of nitrogens with zero attached hydrogens (tertiary/aromatic N) is 1. The van der Waals surface area contributed by atoms with Crippen molar-refractivity contribution in [3.05, 3.63) is 146 Å². The summed E-state index contributed by atoms with van der Waals surface area (Å²) >= 11 is 0. The van der Waals surface area contributed by atoms with Gasteiger partial charge in [-0.25, -0.2) is 0 Å². The number of quaternary nitrogens is 1. The second kappa shape index (κ2) is 69.1. The summed E-state index contributed by atoms with van der Waals surface area (Å²) in [6, 6.07) is 0. The van der Waals surface area contributed by atoms with Crippen LogP contribution in [0, 0.1) is 0 Å². The van der Waals surface area contributed by atoms with Crippen molar-refractivity contribution >= 4 is 17.9 Å². The molecule has 2 atom stereocenters. The molecule has 0 fully saturated rings. The Morgan fingerprint density at radius 2 is 0.640 bits per heavy atom. The van der Waals surface area contributed by atoms with Crippen LogP contribution in [0.15, 0.2) is 146 Å². The van der Waals surface area contributed by atoms with Gasteiger partial charge in [-0.1, -0.05) is 295 Å². The predicted octanol–water partition coefficient (Wildman–Crippen LogP) is 21.4. The second-order valence-electron chi connectivity index (χ2n) is 24.8. The lowest BCUT2D eigenvalue weighted by molar-refractivity contribution is -0.870. The first kappa shape index (κ1) is 84.2. The number of ether oxygens (including phenoxy) is 4. The summed E-state index contributed by atoms with van der Waals surface area (Å²) in [4.78, 5) is 37.5. The highest BCUT2D eigenvalue weighted by Gasteiger charge is 2.22. The van der Waals surface area contributed by atoms with E-state index in [2.05, 4.69) is 160 Å². The molecule has 0 aliphatic carbocycles. The molecule has 0 N–H and O–H groups in total. The van der Waals surface area contributed by atoms with E-state index in [0.717, 1.165) is 116 Å². The van der Waals surface area contributed by atoms with E-state index in [0.29, 0.717) is 17.4 Å². The smallest absolute Gasteiger partial charge is 0.306 e. The van der Waals surface area contributed by atoms with Crippen LogP contribution in [0.2, 0.25) is 0 Å². The number of aliphatic carboxylic acids is 1. The van der Waals surface area contributed by atoms with E-state index in [1.54, 1.807) is 0 Å². The number of hydrogen-bond acceptors (Lipinski definition) is 8. The van der Waals surface area contributed by atoms with Crippen molar-refractivity contribution in [1.82, 2.24) is 0 Å². The second-order valence-corrected chi connectivity index (χ2v) is 24.8. The van der Waals surface area contributed by atoms with Crippen LogP contribution in [-0.2, 0) is 33.3 Å². The first-order valence-corrected chi connectivity index (χ1v) is 36.0. The molecule has 0 heterocycles. The summed E-state index contributed by atoms with van der Waals surface area (Å²) in [6.07, 6.45) is 97.8. The Bertz CT molecular complexity index is 1970. The Balaban J connectivity index is 4.19. The van der Waals surface area contributed by atoms with Gasteiger partial charge in [0.05, 0.1) is 40.3 Å². The fourth-order valence-corrected chi connectivity index (χ4v) is 9.60. The molecule has 0 amide bonds.